The molecule has 3 N–H and O–H groups in total. The van der Waals surface area contributed by atoms with Crippen molar-refractivity contribution in [2.24, 2.45) is 5.92 Å². The Kier molecular flexibility index (Phi) is 4.42. The number of aromatic hydroxyl groups is 1. The van der Waals surface area contributed by atoms with Crippen molar-refractivity contribution in [3.05, 3.63) is 29.6 Å². The first-order valence-electron chi connectivity index (χ1n) is 6.90. The molecule has 1 aromatic rings. The van der Waals surface area contributed by atoms with Crippen LogP contribution in [0.5, 0.6) is 5.75 Å². The van der Waals surface area contributed by atoms with Crippen molar-refractivity contribution in [2.45, 2.75) is 44.8 Å². The minimum Gasteiger partial charge on any atom is -0.505 e. The summed E-state index contributed by atoms with van der Waals surface area (Å²) in [6, 6.07) is 4.48. The summed E-state index contributed by atoms with van der Waals surface area (Å²) in [5.74, 6) is -0.369. The Bertz CT molecular complexity index is 438. The van der Waals surface area contributed by atoms with Crippen molar-refractivity contribution in [3.8, 4) is 5.75 Å². The molecular weight excluding hydrogens is 245 g/mol. The van der Waals surface area contributed by atoms with E-state index in [2.05, 4.69) is 12.2 Å². The smallest absolute Gasteiger partial charge is 0.165 e. The van der Waals surface area contributed by atoms with Crippen molar-refractivity contribution < 1.29 is 14.6 Å². The van der Waals surface area contributed by atoms with Gasteiger partial charge < -0.3 is 15.5 Å². The molecule has 0 bridgehead atoms. The third-order valence-electron chi connectivity index (χ3n) is 3.91. The van der Waals surface area contributed by atoms with Crippen LogP contribution in [0.1, 0.15) is 38.2 Å². The molecular formula is C15H22FNO2. The van der Waals surface area contributed by atoms with Gasteiger partial charge in [-0.2, -0.15) is 0 Å². The highest BCUT2D eigenvalue weighted by atomic mass is 19.1. The Labute approximate surface area is 113 Å². The van der Waals surface area contributed by atoms with E-state index < -0.39 is 11.4 Å². The second kappa shape index (κ2) is 5.88. The first kappa shape index (κ1) is 14.3. The van der Waals surface area contributed by atoms with E-state index in [1.165, 1.54) is 12.5 Å². The Hall–Kier alpha value is -1.13. The highest BCUT2D eigenvalue weighted by Gasteiger charge is 2.32. The lowest BCUT2D eigenvalue weighted by molar-refractivity contribution is -0.0119. The van der Waals surface area contributed by atoms with E-state index >= 15 is 0 Å². The zero-order valence-corrected chi connectivity index (χ0v) is 11.3. The third kappa shape index (κ3) is 3.67. The molecule has 0 saturated heterocycles. The molecule has 1 aliphatic carbocycles. The normalized spacial score (nSPS) is 27.4. The maximum atomic E-state index is 13.2. The molecule has 2 unspecified atom stereocenters. The fourth-order valence-corrected chi connectivity index (χ4v) is 2.93. The van der Waals surface area contributed by atoms with Crippen LogP contribution >= 0.6 is 0 Å². The number of rotatable bonds is 4. The van der Waals surface area contributed by atoms with Crippen molar-refractivity contribution in [1.82, 2.24) is 5.32 Å². The van der Waals surface area contributed by atoms with Gasteiger partial charge in [0.1, 0.15) is 0 Å². The molecule has 1 saturated carbocycles. The summed E-state index contributed by atoms with van der Waals surface area (Å²) in [6.45, 7) is 3.00. The van der Waals surface area contributed by atoms with Crippen LogP contribution in [-0.2, 0) is 6.54 Å². The first-order valence-corrected chi connectivity index (χ1v) is 6.90. The average Bonchev–Trinajstić information content (AvgIpc) is 2.34. The minimum atomic E-state index is -0.666. The van der Waals surface area contributed by atoms with Crippen molar-refractivity contribution in [3.63, 3.8) is 0 Å². The van der Waals surface area contributed by atoms with Gasteiger partial charge in [-0.1, -0.05) is 31.9 Å². The van der Waals surface area contributed by atoms with E-state index in [1.807, 2.05) is 0 Å². The lowest BCUT2D eigenvalue weighted by Gasteiger charge is -2.35. The molecule has 2 atom stereocenters. The molecule has 1 aromatic carbocycles. The number of hydrogen-bond donors (Lipinski definition) is 3. The fraction of sp³-hybridized carbons (Fsp3) is 0.600. The number of hydrogen-bond acceptors (Lipinski definition) is 3. The lowest BCUT2D eigenvalue weighted by Crippen LogP contribution is -2.43. The van der Waals surface area contributed by atoms with Crippen molar-refractivity contribution in [1.29, 1.82) is 0 Å². The molecule has 0 aliphatic heterocycles. The highest BCUT2D eigenvalue weighted by Crippen LogP contribution is 2.31. The maximum absolute atomic E-state index is 13.2. The molecule has 0 heterocycles. The molecule has 0 radical (unpaired) electrons. The monoisotopic (exact) mass is 267 g/mol. The molecule has 1 aliphatic rings. The zero-order chi connectivity index (χ0) is 13.9. The Morgan fingerprint density at radius 1 is 1.47 bits per heavy atom. The van der Waals surface area contributed by atoms with E-state index in [1.54, 1.807) is 12.1 Å². The maximum Gasteiger partial charge on any atom is 0.165 e. The van der Waals surface area contributed by atoms with Gasteiger partial charge in [0.2, 0.25) is 0 Å². The van der Waals surface area contributed by atoms with Crippen LogP contribution in [0.25, 0.3) is 0 Å². The molecule has 0 amide bonds. The van der Waals surface area contributed by atoms with Gasteiger partial charge in [-0.25, -0.2) is 4.39 Å². The van der Waals surface area contributed by atoms with E-state index in [9.17, 15) is 14.6 Å². The molecule has 0 aromatic heterocycles. The number of phenols is 1. The molecule has 106 valence electrons. The summed E-state index contributed by atoms with van der Waals surface area (Å²) in [7, 11) is 0. The average molecular weight is 267 g/mol. The second-order valence-corrected chi connectivity index (χ2v) is 5.78. The number of nitrogens with one attached hydrogen (secondary N) is 1. The van der Waals surface area contributed by atoms with E-state index in [-0.39, 0.29) is 5.75 Å². The molecule has 1 fully saturated rings. The topological polar surface area (TPSA) is 52.5 Å². The van der Waals surface area contributed by atoms with Gasteiger partial charge in [-0.15, -0.1) is 0 Å². The summed E-state index contributed by atoms with van der Waals surface area (Å²) < 4.78 is 13.2. The minimum absolute atomic E-state index is 0.306. The summed E-state index contributed by atoms with van der Waals surface area (Å²) in [6.07, 6.45) is 3.83. The van der Waals surface area contributed by atoms with Crippen molar-refractivity contribution >= 4 is 0 Å². The van der Waals surface area contributed by atoms with Crippen LogP contribution in [0.2, 0.25) is 0 Å². The van der Waals surface area contributed by atoms with Crippen LogP contribution in [0, 0.1) is 11.7 Å². The van der Waals surface area contributed by atoms with Crippen LogP contribution < -0.4 is 5.32 Å². The summed E-state index contributed by atoms with van der Waals surface area (Å²) in [5.41, 5.74) is -0.145. The predicted octanol–water partition coefficient (Wildman–Crippen LogP) is 2.56. The zero-order valence-electron chi connectivity index (χ0n) is 11.3. The van der Waals surface area contributed by atoms with Crippen LogP contribution in [0.3, 0.4) is 0 Å². The van der Waals surface area contributed by atoms with Gasteiger partial charge in [0, 0.05) is 18.7 Å². The highest BCUT2D eigenvalue weighted by molar-refractivity contribution is 5.33. The van der Waals surface area contributed by atoms with E-state index in [0.717, 1.165) is 19.3 Å². The van der Waals surface area contributed by atoms with Gasteiger partial charge >= 0.3 is 0 Å². The van der Waals surface area contributed by atoms with Crippen LogP contribution in [-0.4, -0.2) is 22.4 Å². The molecule has 3 nitrogen and oxygen atoms in total. The Morgan fingerprint density at radius 2 is 2.26 bits per heavy atom. The fourth-order valence-electron chi connectivity index (χ4n) is 2.93. The largest absolute Gasteiger partial charge is 0.505 e. The van der Waals surface area contributed by atoms with E-state index in [4.69, 9.17) is 0 Å². The van der Waals surface area contributed by atoms with Crippen molar-refractivity contribution in [2.75, 3.05) is 6.54 Å². The first-order chi connectivity index (χ1) is 9.00. The van der Waals surface area contributed by atoms with Crippen LogP contribution in [0.4, 0.5) is 4.39 Å². The molecule has 19 heavy (non-hydrogen) atoms. The molecule has 4 heteroatoms. The second-order valence-electron chi connectivity index (χ2n) is 5.78. The third-order valence-corrected chi connectivity index (χ3v) is 3.91. The molecule has 2 rings (SSSR count). The summed E-state index contributed by atoms with van der Waals surface area (Å²) in [4.78, 5) is 0. The number of benzene rings is 1. The number of aliphatic hydroxyl groups is 1. The van der Waals surface area contributed by atoms with Gasteiger partial charge in [-0.05, 0) is 24.8 Å². The predicted molar refractivity (Wildman–Crippen MR) is 72.4 cm³/mol. The number of phenolic OH excluding ortho intramolecular Hbond substituents is 1. The summed E-state index contributed by atoms with van der Waals surface area (Å²) in [5, 5.41) is 23.1. The van der Waals surface area contributed by atoms with Crippen LogP contribution in [0.15, 0.2) is 18.2 Å². The van der Waals surface area contributed by atoms with Gasteiger partial charge in [0.25, 0.3) is 0 Å². The number of halogens is 1. The Balaban J connectivity index is 1.87. The van der Waals surface area contributed by atoms with Gasteiger partial charge in [0.15, 0.2) is 11.6 Å². The van der Waals surface area contributed by atoms with Gasteiger partial charge in [-0.3, -0.25) is 0 Å². The number of para-hydroxylation sites is 1. The lowest BCUT2D eigenvalue weighted by atomic mass is 9.79. The quantitative estimate of drug-likeness (QED) is 0.786. The SMILES string of the molecule is CC1CCCC(O)(CNCc2cccc(F)c2O)C1. The molecule has 0 spiro atoms. The van der Waals surface area contributed by atoms with E-state index in [0.29, 0.717) is 24.6 Å². The Morgan fingerprint density at radius 3 is 3.00 bits per heavy atom. The standard InChI is InChI=1S/C15H22FNO2/c1-11-4-3-7-15(19,8-11)10-17-9-12-5-2-6-13(16)14(12)18/h2,5-6,11,17-19H,3-4,7-10H2,1H3. The van der Waals surface area contributed by atoms with Gasteiger partial charge in [0.05, 0.1) is 5.60 Å². The summed E-state index contributed by atoms with van der Waals surface area (Å²) >= 11 is 0.